The molecular formula is C19H18N4O5. The summed E-state index contributed by atoms with van der Waals surface area (Å²) in [7, 11) is 0. The van der Waals surface area contributed by atoms with Crippen LogP contribution in [-0.2, 0) is 11.2 Å². The molecule has 1 aliphatic heterocycles. The monoisotopic (exact) mass is 382 g/mol. The van der Waals surface area contributed by atoms with Gasteiger partial charge in [0.25, 0.3) is 5.91 Å². The van der Waals surface area contributed by atoms with Crippen molar-refractivity contribution < 1.29 is 19.6 Å². The van der Waals surface area contributed by atoms with Gasteiger partial charge in [-0.15, -0.1) is 5.01 Å². The Hall–Kier alpha value is -3.75. The average molecular weight is 382 g/mol. The number of amides is 3. The topological polar surface area (TPSA) is 125 Å². The van der Waals surface area contributed by atoms with Crippen LogP contribution in [0.15, 0.2) is 53.6 Å². The minimum Gasteiger partial charge on any atom is -0.502 e. The van der Waals surface area contributed by atoms with Gasteiger partial charge in [0, 0.05) is 11.6 Å². The van der Waals surface area contributed by atoms with Crippen molar-refractivity contribution in [1.29, 1.82) is 0 Å². The lowest BCUT2D eigenvalue weighted by molar-refractivity contribution is -0.385. The Kier molecular flexibility index (Phi) is 5.08. The quantitative estimate of drug-likeness (QED) is 0.344. The summed E-state index contributed by atoms with van der Waals surface area (Å²) in [4.78, 5) is 35.0. The lowest BCUT2D eigenvalue weighted by Gasteiger charge is -2.20. The van der Waals surface area contributed by atoms with Gasteiger partial charge in [-0.05, 0) is 37.5 Å². The van der Waals surface area contributed by atoms with Crippen LogP contribution in [0.25, 0.3) is 0 Å². The standard InChI is InChI=1S/C19H18N4O5/c1-19(10-9-13-5-3-2-4-6-13)17(25)22(18(26)21-19)20-12-14-7-8-16(24)15(11-14)23(27)28/h2-8,11-12,24H,9-10H2,1H3,(H,21,26)/b20-12+/t19-/m1/s1. The summed E-state index contributed by atoms with van der Waals surface area (Å²) in [6.07, 6.45) is 2.16. The smallest absolute Gasteiger partial charge is 0.346 e. The van der Waals surface area contributed by atoms with Gasteiger partial charge in [0.05, 0.1) is 11.1 Å². The van der Waals surface area contributed by atoms with Gasteiger partial charge >= 0.3 is 11.7 Å². The number of carbonyl (C=O) groups excluding carboxylic acids is 2. The molecule has 0 unspecified atom stereocenters. The molecule has 0 saturated carbocycles. The zero-order valence-electron chi connectivity index (χ0n) is 15.0. The highest BCUT2D eigenvalue weighted by atomic mass is 16.6. The molecule has 2 aromatic rings. The first-order valence-electron chi connectivity index (χ1n) is 8.52. The van der Waals surface area contributed by atoms with E-state index in [1.807, 2.05) is 30.3 Å². The molecule has 1 atom stereocenters. The van der Waals surface area contributed by atoms with E-state index >= 15 is 0 Å². The van der Waals surface area contributed by atoms with Crippen molar-refractivity contribution in [2.45, 2.75) is 25.3 Å². The number of nitrogens with one attached hydrogen (secondary N) is 1. The fraction of sp³-hybridized carbons (Fsp3) is 0.211. The average Bonchev–Trinajstić information content (AvgIpc) is 2.89. The van der Waals surface area contributed by atoms with Crippen LogP contribution in [-0.4, -0.2) is 38.7 Å². The van der Waals surface area contributed by atoms with E-state index in [0.717, 1.165) is 23.9 Å². The van der Waals surface area contributed by atoms with Crippen LogP contribution in [0.4, 0.5) is 10.5 Å². The highest BCUT2D eigenvalue weighted by molar-refractivity contribution is 6.07. The van der Waals surface area contributed by atoms with Gasteiger partial charge in [-0.2, -0.15) is 5.10 Å². The van der Waals surface area contributed by atoms with Crippen LogP contribution in [0.5, 0.6) is 5.75 Å². The van der Waals surface area contributed by atoms with Gasteiger partial charge in [0.1, 0.15) is 5.54 Å². The second kappa shape index (κ2) is 7.47. The summed E-state index contributed by atoms with van der Waals surface area (Å²) in [6.45, 7) is 1.64. The molecule has 0 bridgehead atoms. The van der Waals surface area contributed by atoms with Gasteiger partial charge in [-0.1, -0.05) is 30.3 Å². The summed E-state index contributed by atoms with van der Waals surface area (Å²) in [5, 5.41) is 27.6. The van der Waals surface area contributed by atoms with E-state index < -0.39 is 33.8 Å². The molecule has 2 aromatic carbocycles. The van der Waals surface area contributed by atoms with Crippen molar-refractivity contribution in [3.05, 3.63) is 69.8 Å². The Morgan fingerprint density at radius 3 is 2.64 bits per heavy atom. The summed E-state index contributed by atoms with van der Waals surface area (Å²) in [6, 6.07) is 12.6. The summed E-state index contributed by atoms with van der Waals surface area (Å²) < 4.78 is 0. The first-order valence-corrected chi connectivity index (χ1v) is 8.52. The van der Waals surface area contributed by atoms with Crippen molar-refractivity contribution in [1.82, 2.24) is 10.3 Å². The molecule has 2 N–H and O–H groups in total. The minimum absolute atomic E-state index is 0.267. The number of rotatable bonds is 6. The number of benzene rings is 2. The molecule has 9 heteroatoms. The van der Waals surface area contributed by atoms with E-state index in [4.69, 9.17) is 0 Å². The van der Waals surface area contributed by atoms with Crippen LogP contribution >= 0.6 is 0 Å². The van der Waals surface area contributed by atoms with Crippen LogP contribution in [0.2, 0.25) is 0 Å². The van der Waals surface area contributed by atoms with Crippen LogP contribution in [0.1, 0.15) is 24.5 Å². The molecule has 144 valence electrons. The molecule has 3 rings (SSSR count). The Labute approximate surface area is 160 Å². The third-order valence-corrected chi connectivity index (χ3v) is 4.51. The minimum atomic E-state index is -1.09. The maximum absolute atomic E-state index is 12.7. The molecule has 28 heavy (non-hydrogen) atoms. The number of hydrazone groups is 1. The predicted octanol–water partition coefficient (Wildman–Crippen LogP) is 2.58. The number of phenols is 1. The largest absolute Gasteiger partial charge is 0.502 e. The highest BCUT2D eigenvalue weighted by Crippen LogP contribution is 2.26. The Balaban J connectivity index is 1.74. The maximum atomic E-state index is 12.7. The molecular weight excluding hydrogens is 364 g/mol. The van der Waals surface area contributed by atoms with E-state index in [1.54, 1.807) is 6.92 Å². The van der Waals surface area contributed by atoms with Gasteiger partial charge in [-0.3, -0.25) is 14.9 Å². The molecule has 0 radical (unpaired) electrons. The number of carbonyl (C=O) groups is 2. The Morgan fingerprint density at radius 1 is 1.25 bits per heavy atom. The van der Waals surface area contributed by atoms with Gasteiger partial charge in [0.2, 0.25) is 0 Å². The fourth-order valence-electron chi connectivity index (χ4n) is 2.87. The molecule has 0 aliphatic carbocycles. The molecule has 3 amide bonds. The van der Waals surface area contributed by atoms with E-state index in [9.17, 15) is 24.8 Å². The van der Waals surface area contributed by atoms with E-state index in [0.29, 0.717) is 17.9 Å². The third kappa shape index (κ3) is 3.83. The first-order chi connectivity index (χ1) is 13.3. The zero-order chi connectivity index (χ0) is 20.3. The lowest BCUT2D eigenvalue weighted by Crippen LogP contribution is -2.44. The molecule has 9 nitrogen and oxygen atoms in total. The van der Waals surface area contributed by atoms with Crippen LogP contribution in [0, 0.1) is 10.1 Å². The van der Waals surface area contributed by atoms with E-state index in [1.165, 1.54) is 6.07 Å². The normalized spacial score (nSPS) is 19.2. The van der Waals surface area contributed by atoms with Crippen molar-refractivity contribution in [3.8, 4) is 5.75 Å². The Bertz CT molecular complexity index is 960. The van der Waals surface area contributed by atoms with Crippen LogP contribution < -0.4 is 5.32 Å². The summed E-state index contributed by atoms with van der Waals surface area (Å²) >= 11 is 0. The number of imide groups is 1. The molecule has 1 saturated heterocycles. The number of phenolic OH excluding ortho intramolecular Hbond substituents is 1. The number of aryl methyl sites for hydroxylation is 1. The number of urea groups is 1. The predicted molar refractivity (Wildman–Crippen MR) is 101 cm³/mol. The molecule has 0 aromatic heterocycles. The number of aromatic hydroxyl groups is 1. The number of hydrogen-bond acceptors (Lipinski definition) is 6. The van der Waals surface area contributed by atoms with Crippen LogP contribution in [0.3, 0.4) is 0 Å². The summed E-state index contributed by atoms with van der Waals surface area (Å²) in [5.41, 5.74) is -0.272. The number of nitrogens with zero attached hydrogens (tertiary/aromatic N) is 3. The van der Waals surface area contributed by atoms with Gasteiger partial charge in [-0.25, -0.2) is 4.79 Å². The lowest BCUT2D eigenvalue weighted by atomic mass is 9.93. The number of nitro groups is 1. The Morgan fingerprint density at radius 2 is 1.96 bits per heavy atom. The van der Waals surface area contributed by atoms with Crippen molar-refractivity contribution in [2.24, 2.45) is 5.10 Å². The van der Waals surface area contributed by atoms with Gasteiger partial charge < -0.3 is 10.4 Å². The van der Waals surface area contributed by atoms with Crippen molar-refractivity contribution in [2.75, 3.05) is 0 Å². The van der Waals surface area contributed by atoms with Gasteiger partial charge in [0.15, 0.2) is 5.75 Å². The molecule has 1 heterocycles. The van der Waals surface area contributed by atoms with E-state index in [-0.39, 0.29) is 5.56 Å². The van der Waals surface area contributed by atoms with E-state index in [2.05, 4.69) is 10.4 Å². The number of nitro benzene ring substituents is 1. The first kappa shape index (κ1) is 19.0. The third-order valence-electron chi connectivity index (χ3n) is 4.51. The summed E-state index contributed by atoms with van der Waals surface area (Å²) in [5.74, 6) is -0.983. The maximum Gasteiger partial charge on any atom is 0.346 e. The zero-order valence-corrected chi connectivity index (χ0v) is 15.0. The van der Waals surface area contributed by atoms with Crippen molar-refractivity contribution >= 4 is 23.8 Å². The fourth-order valence-corrected chi connectivity index (χ4v) is 2.87. The SMILES string of the molecule is C[C@]1(CCc2ccccc2)NC(=O)N(/N=C/c2ccc(O)c([N+](=O)[O-])c2)C1=O. The second-order valence-corrected chi connectivity index (χ2v) is 6.61. The van der Waals surface area contributed by atoms with Crippen molar-refractivity contribution in [3.63, 3.8) is 0 Å². The molecule has 0 spiro atoms. The number of hydrogen-bond donors (Lipinski definition) is 2. The molecule has 1 aliphatic rings. The molecule has 1 fully saturated rings. The highest BCUT2D eigenvalue weighted by Gasteiger charge is 2.47. The second-order valence-electron chi connectivity index (χ2n) is 6.61.